The summed E-state index contributed by atoms with van der Waals surface area (Å²) < 4.78 is 0. The Labute approximate surface area is 59.6 Å². The lowest BCUT2D eigenvalue weighted by Crippen LogP contribution is -2.31. The third-order valence-corrected chi connectivity index (χ3v) is 1.08. The summed E-state index contributed by atoms with van der Waals surface area (Å²) in [4.78, 5) is 11.9. The summed E-state index contributed by atoms with van der Waals surface area (Å²) in [6.45, 7) is 2.30. The van der Waals surface area contributed by atoms with Gasteiger partial charge in [0.15, 0.2) is 0 Å². The van der Waals surface area contributed by atoms with E-state index in [1.54, 1.807) is 6.92 Å². The van der Waals surface area contributed by atoms with Crippen LogP contribution in [0.2, 0.25) is 0 Å². The first-order valence-corrected chi connectivity index (χ1v) is 2.92. The normalized spacial score (nSPS) is 8.00. The molecule has 0 bridgehead atoms. The molecule has 1 amide bonds. The molecular formula is C6H9N3O. The van der Waals surface area contributed by atoms with E-state index in [1.807, 2.05) is 6.07 Å². The maximum Gasteiger partial charge on any atom is 0.265 e. The minimum absolute atomic E-state index is 0.0602. The number of nitrogens with zero attached hydrogens (tertiary/aromatic N) is 2. The highest BCUT2D eigenvalue weighted by molar-refractivity contribution is 6.24. The summed E-state index contributed by atoms with van der Waals surface area (Å²) in [5.74, 6) is -0.413. The standard InChI is InChI=1S/C6H9N3O/c1-2-9(4-3-7)6(10)5-8/h5,8H,2,4H2,1H3. The van der Waals surface area contributed by atoms with Crippen LogP contribution in [-0.4, -0.2) is 30.1 Å². The van der Waals surface area contributed by atoms with Crippen LogP contribution in [0.4, 0.5) is 0 Å². The van der Waals surface area contributed by atoms with E-state index in [0.29, 0.717) is 12.8 Å². The van der Waals surface area contributed by atoms with Crippen molar-refractivity contribution in [3.63, 3.8) is 0 Å². The molecule has 0 aromatic rings. The highest BCUT2D eigenvalue weighted by Gasteiger charge is 2.05. The highest BCUT2D eigenvalue weighted by Crippen LogP contribution is 1.84. The lowest BCUT2D eigenvalue weighted by Gasteiger charge is -2.12. The van der Waals surface area contributed by atoms with Gasteiger partial charge >= 0.3 is 0 Å². The van der Waals surface area contributed by atoms with E-state index in [1.165, 1.54) is 4.90 Å². The molecule has 10 heavy (non-hydrogen) atoms. The molecule has 0 fully saturated rings. The second-order valence-corrected chi connectivity index (χ2v) is 1.65. The van der Waals surface area contributed by atoms with Crippen molar-refractivity contribution in [3.05, 3.63) is 0 Å². The molecule has 0 rings (SSSR count). The Bertz CT molecular complexity index is 170. The molecule has 1 N–H and O–H groups in total. The summed E-state index contributed by atoms with van der Waals surface area (Å²) in [6, 6.07) is 1.84. The summed E-state index contributed by atoms with van der Waals surface area (Å²) in [6.07, 6.45) is 0.709. The highest BCUT2D eigenvalue weighted by atomic mass is 16.2. The molecule has 4 heteroatoms. The average molecular weight is 139 g/mol. The van der Waals surface area contributed by atoms with Gasteiger partial charge in [-0.1, -0.05) is 0 Å². The van der Waals surface area contributed by atoms with E-state index >= 15 is 0 Å². The summed E-state index contributed by atoms with van der Waals surface area (Å²) in [5, 5.41) is 14.8. The zero-order valence-corrected chi connectivity index (χ0v) is 5.79. The third-order valence-electron chi connectivity index (χ3n) is 1.08. The van der Waals surface area contributed by atoms with Crippen LogP contribution in [-0.2, 0) is 4.79 Å². The van der Waals surface area contributed by atoms with Gasteiger partial charge in [0.1, 0.15) is 6.54 Å². The van der Waals surface area contributed by atoms with Crippen molar-refractivity contribution < 1.29 is 4.79 Å². The van der Waals surface area contributed by atoms with Crippen LogP contribution in [0.15, 0.2) is 0 Å². The molecule has 4 nitrogen and oxygen atoms in total. The second kappa shape index (κ2) is 4.50. The minimum atomic E-state index is -0.413. The lowest BCUT2D eigenvalue weighted by atomic mass is 10.5. The predicted molar refractivity (Wildman–Crippen MR) is 36.7 cm³/mol. The smallest absolute Gasteiger partial charge is 0.265 e. The van der Waals surface area contributed by atoms with E-state index < -0.39 is 5.91 Å². The van der Waals surface area contributed by atoms with Crippen molar-refractivity contribution in [1.29, 1.82) is 10.7 Å². The van der Waals surface area contributed by atoms with Gasteiger partial charge in [0.2, 0.25) is 0 Å². The van der Waals surface area contributed by atoms with Crippen molar-refractivity contribution in [2.45, 2.75) is 6.92 Å². The average Bonchev–Trinajstić information content (AvgIpc) is 1.99. The van der Waals surface area contributed by atoms with Crippen LogP contribution in [0.1, 0.15) is 6.92 Å². The largest absolute Gasteiger partial charge is 0.325 e. The Hall–Kier alpha value is -1.37. The maximum absolute atomic E-state index is 10.7. The molecule has 0 saturated carbocycles. The molecule has 0 aliphatic heterocycles. The van der Waals surface area contributed by atoms with Crippen molar-refractivity contribution >= 4 is 12.1 Å². The van der Waals surface area contributed by atoms with Gasteiger partial charge in [0, 0.05) is 6.54 Å². The first kappa shape index (κ1) is 8.63. The fraction of sp³-hybridized carbons (Fsp3) is 0.500. The van der Waals surface area contributed by atoms with Gasteiger partial charge in [-0.05, 0) is 6.92 Å². The van der Waals surface area contributed by atoms with Crippen LogP contribution in [0.3, 0.4) is 0 Å². The van der Waals surface area contributed by atoms with Crippen LogP contribution >= 0.6 is 0 Å². The number of hydrogen-bond donors (Lipinski definition) is 1. The number of nitrogens with one attached hydrogen (secondary N) is 1. The molecule has 0 saturated heterocycles. The molecule has 0 unspecified atom stereocenters. The number of rotatable bonds is 3. The van der Waals surface area contributed by atoms with Crippen molar-refractivity contribution in [1.82, 2.24) is 4.90 Å². The number of hydrogen-bond acceptors (Lipinski definition) is 3. The first-order chi connectivity index (χ1) is 4.76. The number of amides is 1. The van der Waals surface area contributed by atoms with Gasteiger partial charge < -0.3 is 10.3 Å². The molecule has 0 aliphatic carbocycles. The molecule has 0 heterocycles. The summed E-state index contributed by atoms with van der Waals surface area (Å²) in [5.41, 5.74) is 0. The van der Waals surface area contributed by atoms with Gasteiger partial charge in [-0.25, -0.2) is 0 Å². The fourth-order valence-corrected chi connectivity index (χ4v) is 0.522. The molecular weight excluding hydrogens is 130 g/mol. The molecule has 0 radical (unpaired) electrons. The van der Waals surface area contributed by atoms with E-state index in [2.05, 4.69) is 0 Å². The predicted octanol–water partition coefficient (Wildman–Crippen LogP) is 0.00805. The Morgan fingerprint density at radius 3 is 2.80 bits per heavy atom. The molecule has 54 valence electrons. The molecule has 0 atom stereocenters. The number of carbonyl (C=O) groups excluding carboxylic acids is 1. The van der Waals surface area contributed by atoms with E-state index in [4.69, 9.17) is 10.7 Å². The van der Waals surface area contributed by atoms with Crippen molar-refractivity contribution in [3.8, 4) is 6.07 Å². The zero-order chi connectivity index (χ0) is 7.98. The van der Waals surface area contributed by atoms with Gasteiger partial charge in [-0.15, -0.1) is 0 Å². The second-order valence-electron chi connectivity index (χ2n) is 1.65. The van der Waals surface area contributed by atoms with Crippen molar-refractivity contribution in [2.24, 2.45) is 0 Å². The lowest BCUT2D eigenvalue weighted by molar-refractivity contribution is -0.122. The number of carbonyl (C=O) groups is 1. The van der Waals surface area contributed by atoms with Crippen LogP contribution in [0.25, 0.3) is 0 Å². The summed E-state index contributed by atoms with van der Waals surface area (Å²) >= 11 is 0. The Kier molecular flexibility index (Phi) is 3.89. The monoisotopic (exact) mass is 139 g/mol. The Balaban J connectivity index is 3.95. The van der Waals surface area contributed by atoms with Gasteiger partial charge in [0.25, 0.3) is 5.91 Å². The van der Waals surface area contributed by atoms with Gasteiger partial charge in [-0.2, -0.15) is 5.26 Å². The van der Waals surface area contributed by atoms with Gasteiger partial charge in [0.05, 0.1) is 12.3 Å². The van der Waals surface area contributed by atoms with Gasteiger partial charge in [-0.3, -0.25) is 4.79 Å². The van der Waals surface area contributed by atoms with E-state index in [9.17, 15) is 4.79 Å². The van der Waals surface area contributed by atoms with Crippen LogP contribution in [0.5, 0.6) is 0 Å². The third kappa shape index (κ3) is 2.27. The molecule has 0 spiro atoms. The Morgan fingerprint density at radius 1 is 1.90 bits per heavy atom. The zero-order valence-electron chi connectivity index (χ0n) is 5.79. The minimum Gasteiger partial charge on any atom is -0.325 e. The Morgan fingerprint density at radius 2 is 2.50 bits per heavy atom. The van der Waals surface area contributed by atoms with Crippen LogP contribution in [0, 0.1) is 16.7 Å². The molecule has 0 aliphatic rings. The quantitative estimate of drug-likeness (QED) is 0.442. The number of nitriles is 1. The molecule has 0 aromatic heterocycles. The van der Waals surface area contributed by atoms with Crippen molar-refractivity contribution in [2.75, 3.05) is 13.1 Å². The van der Waals surface area contributed by atoms with E-state index in [-0.39, 0.29) is 6.54 Å². The SMILES string of the molecule is CCN(CC#N)C(=O)C=N. The first-order valence-electron chi connectivity index (χ1n) is 2.92. The fourth-order valence-electron chi connectivity index (χ4n) is 0.522. The van der Waals surface area contributed by atoms with Crippen LogP contribution < -0.4 is 0 Å². The topological polar surface area (TPSA) is 68.0 Å². The maximum atomic E-state index is 10.7. The molecule has 0 aromatic carbocycles. The summed E-state index contributed by atoms with van der Waals surface area (Å²) in [7, 11) is 0. The van der Waals surface area contributed by atoms with E-state index in [0.717, 1.165) is 0 Å².